The van der Waals surface area contributed by atoms with Gasteiger partial charge in [0.1, 0.15) is 18.6 Å². The maximum atomic E-state index is 13.3. The summed E-state index contributed by atoms with van der Waals surface area (Å²) < 4.78 is 22.2. The molecule has 1 fully saturated rings. The molecule has 10 heteroatoms. The lowest BCUT2D eigenvalue weighted by Gasteiger charge is -2.29. The number of carbonyl (C=O) groups excluding carboxylic acids is 4. The molecule has 0 radical (unpaired) electrons. The number of unbranched alkanes of at least 4 members (excludes halogenated alkanes) is 4. The van der Waals surface area contributed by atoms with Gasteiger partial charge < -0.3 is 29.4 Å². The third kappa shape index (κ3) is 9.99. The second kappa shape index (κ2) is 17.3. The van der Waals surface area contributed by atoms with Crippen LogP contribution in [0.5, 0.6) is 11.5 Å². The zero-order valence-electron chi connectivity index (χ0n) is 26.1. The molecule has 240 valence electrons. The van der Waals surface area contributed by atoms with Gasteiger partial charge >= 0.3 is 17.9 Å². The highest BCUT2D eigenvalue weighted by Crippen LogP contribution is 2.29. The van der Waals surface area contributed by atoms with E-state index in [9.17, 15) is 24.3 Å². The fraction of sp³-hybridized carbons (Fsp3) is 0.529. The third-order valence-corrected chi connectivity index (χ3v) is 7.72. The van der Waals surface area contributed by atoms with Crippen LogP contribution in [-0.2, 0) is 35.0 Å². The van der Waals surface area contributed by atoms with Crippen molar-refractivity contribution in [3.63, 3.8) is 0 Å². The fourth-order valence-corrected chi connectivity index (χ4v) is 5.10. The molecule has 4 unspecified atom stereocenters. The zero-order valence-corrected chi connectivity index (χ0v) is 26.1. The lowest BCUT2D eigenvalue weighted by Crippen LogP contribution is -2.43. The lowest BCUT2D eigenvalue weighted by molar-refractivity contribution is -0.177. The number of para-hydroxylation sites is 1. The minimum atomic E-state index is -0.978. The molecule has 2 aromatic rings. The van der Waals surface area contributed by atoms with E-state index in [1.54, 1.807) is 32.9 Å². The predicted molar refractivity (Wildman–Crippen MR) is 163 cm³/mol. The van der Waals surface area contributed by atoms with Gasteiger partial charge in [0.05, 0.1) is 24.5 Å². The molecular formula is C34H45NO9. The number of esters is 3. The molecule has 4 atom stereocenters. The van der Waals surface area contributed by atoms with E-state index in [1.165, 1.54) is 13.2 Å². The monoisotopic (exact) mass is 611 g/mol. The van der Waals surface area contributed by atoms with Crippen molar-refractivity contribution in [3.8, 4) is 11.5 Å². The first-order valence-electron chi connectivity index (χ1n) is 15.4. The number of benzene rings is 2. The minimum Gasteiger partial charge on any atom is -0.504 e. The summed E-state index contributed by atoms with van der Waals surface area (Å²) in [6, 6.07) is 14.2. The number of carbonyl (C=O) groups is 4. The Morgan fingerprint density at radius 1 is 0.977 bits per heavy atom. The van der Waals surface area contributed by atoms with Crippen molar-refractivity contribution in [2.75, 3.05) is 20.3 Å². The van der Waals surface area contributed by atoms with Gasteiger partial charge in [-0.1, -0.05) is 75.9 Å². The Hall–Kier alpha value is -4.08. The number of hydrogen-bond donors (Lipinski definition) is 2. The van der Waals surface area contributed by atoms with Crippen LogP contribution in [0.3, 0.4) is 0 Å². The standard InChI is InChI=1S/C34H45NO9/c1-22(2)32(38)44-30-23(3)43-33(39)25(21-42-34(40)27(30)20-24-14-9-8-10-15-24)16-11-6-5-7-12-19-35-31(37)26-17-13-18-28(41-4)29(26)36/h8-10,13-15,17-18,22-23,25,27,30,36H,5-7,11-12,16,19-21H2,1-4H3,(H,35,37). The van der Waals surface area contributed by atoms with Gasteiger partial charge in [-0.15, -0.1) is 0 Å². The first kappa shape index (κ1) is 34.4. The summed E-state index contributed by atoms with van der Waals surface area (Å²) in [7, 11) is 1.43. The number of rotatable bonds is 14. The molecule has 0 bridgehead atoms. The summed E-state index contributed by atoms with van der Waals surface area (Å²) in [6.45, 7) is 5.44. The maximum absolute atomic E-state index is 13.3. The number of nitrogens with one attached hydrogen (secondary N) is 1. The van der Waals surface area contributed by atoms with Crippen molar-refractivity contribution in [1.82, 2.24) is 5.32 Å². The molecule has 1 saturated heterocycles. The van der Waals surface area contributed by atoms with Crippen molar-refractivity contribution in [2.24, 2.45) is 17.8 Å². The van der Waals surface area contributed by atoms with Gasteiger partial charge in [0, 0.05) is 6.54 Å². The highest BCUT2D eigenvalue weighted by atomic mass is 16.6. The average molecular weight is 612 g/mol. The molecule has 1 aliphatic rings. The van der Waals surface area contributed by atoms with Gasteiger partial charge in [0.2, 0.25) is 0 Å². The van der Waals surface area contributed by atoms with Crippen LogP contribution in [0, 0.1) is 17.8 Å². The first-order valence-corrected chi connectivity index (χ1v) is 15.4. The van der Waals surface area contributed by atoms with Gasteiger partial charge in [-0.2, -0.15) is 0 Å². The van der Waals surface area contributed by atoms with E-state index in [0.717, 1.165) is 37.7 Å². The molecule has 2 aromatic carbocycles. The normalized spacial score (nSPS) is 20.5. The smallest absolute Gasteiger partial charge is 0.313 e. The van der Waals surface area contributed by atoms with E-state index in [4.69, 9.17) is 18.9 Å². The van der Waals surface area contributed by atoms with Gasteiger partial charge in [-0.05, 0) is 43.9 Å². The SMILES string of the molecule is COc1cccc(C(=O)NCCCCCCCC2COC(=O)C(Cc3ccccc3)C(OC(=O)C(C)C)C(C)OC2=O)c1O. The molecule has 10 nitrogen and oxygen atoms in total. The molecule has 0 saturated carbocycles. The van der Waals surface area contributed by atoms with Crippen LogP contribution in [0.1, 0.15) is 75.2 Å². The zero-order chi connectivity index (χ0) is 32.1. The van der Waals surface area contributed by atoms with Crippen LogP contribution in [-0.4, -0.2) is 61.4 Å². The molecule has 3 rings (SSSR count). The van der Waals surface area contributed by atoms with E-state index in [0.29, 0.717) is 13.0 Å². The molecule has 0 aliphatic carbocycles. The lowest BCUT2D eigenvalue weighted by atomic mass is 9.91. The first-order chi connectivity index (χ1) is 21.1. The van der Waals surface area contributed by atoms with Crippen molar-refractivity contribution in [2.45, 2.75) is 77.9 Å². The number of methoxy groups -OCH3 is 1. The Bertz CT molecular complexity index is 1250. The van der Waals surface area contributed by atoms with Crippen molar-refractivity contribution in [1.29, 1.82) is 0 Å². The van der Waals surface area contributed by atoms with Crippen molar-refractivity contribution < 1.29 is 43.2 Å². The molecule has 1 amide bonds. The van der Waals surface area contributed by atoms with E-state index < -0.39 is 47.9 Å². The number of cyclic esters (lactones) is 2. The summed E-state index contributed by atoms with van der Waals surface area (Å²) in [5.74, 6) is -3.63. The number of hydrogen-bond acceptors (Lipinski definition) is 9. The Morgan fingerprint density at radius 2 is 1.68 bits per heavy atom. The van der Waals surface area contributed by atoms with Crippen LogP contribution in [0.4, 0.5) is 0 Å². The number of amides is 1. The van der Waals surface area contributed by atoms with Gasteiger partial charge in [0.25, 0.3) is 5.91 Å². The van der Waals surface area contributed by atoms with Crippen LogP contribution in [0.15, 0.2) is 48.5 Å². The summed E-state index contributed by atoms with van der Waals surface area (Å²) in [6.07, 6.45) is 3.07. The largest absolute Gasteiger partial charge is 0.504 e. The Labute approximate surface area is 259 Å². The maximum Gasteiger partial charge on any atom is 0.313 e. The molecule has 0 spiro atoms. The minimum absolute atomic E-state index is 0.0936. The number of phenolic OH excluding ortho intramolecular Hbond substituents is 1. The number of ether oxygens (including phenoxy) is 4. The molecule has 2 N–H and O–H groups in total. The molecule has 1 aliphatic heterocycles. The van der Waals surface area contributed by atoms with Crippen molar-refractivity contribution >= 4 is 23.8 Å². The van der Waals surface area contributed by atoms with Crippen LogP contribution < -0.4 is 10.1 Å². The van der Waals surface area contributed by atoms with E-state index in [-0.39, 0.29) is 36.0 Å². The van der Waals surface area contributed by atoms with Crippen LogP contribution in [0.2, 0.25) is 0 Å². The van der Waals surface area contributed by atoms with E-state index in [2.05, 4.69) is 5.32 Å². The summed E-state index contributed by atoms with van der Waals surface area (Å²) in [5.41, 5.74) is 1.05. The summed E-state index contributed by atoms with van der Waals surface area (Å²) in [5, 5.41) is 12.9. The van der Waals surface area contributed by atoms with Gasteiger partial charge in [-0.3, -0.25) is 19.2 Å². The van der Waals surface area contributed by atoms with E-state index >= 15 is 0 Å². The van der Waals surface area contributed by atoms with E-state index in [1.807, 2.05) is 30.3 Å². The Kier molecular flexibility index (Phi) is 13.5. The summed E-state index contributed by atoms with van der Waals surface area (Å²) in [4.78, 5) is 51.3. The van der Waals surface area contributed by atoms with Gasteiger partial charge in [-0.25, -0.2) is 0 Å². The molecule has 0 aromatic heterocycles. The fourth-order valence-electron chi connectivity index (χ4n) is 5.10. The Morgan fingerprint density at radius 3 is 2.39 bits per heavy atom. The predicted octanol–water partition coefficient (Wildman–Crippen LogP) is 5.00. The number of aromatic hydroxyl groups is 1. The second-order valence-corrected chi connectivity index (χ2v) is 11.5. The second-order valence-electron chi connectivity index (χ2n) is 11.5. The van der Waals surface area contributed by atoms with Crippen LogP contribution in [0.25, 0.3) is 0 Å². The molecule has 44 heavy (non-hydrogen) atoms. The topological polar surface area (TPSA) is 137 Å². The van der Waals surface area contributed by atoms with Crippen molar-refractivity contribution in [3.05, 3.63) is 59.7 Å². The summed E-state index contributed by atoms with van der Waals surface area (Å²) >= 11 is 0. The highest BCUT2D eigenvalue weighted by molar-refractivity contribution is 5.97. The van der Waals surface area contributed by atoms with Crippen LogP contribution >= 0.6 is 0 Å². The molecular weight excluding hydrogens is 566 g/mol. The highest BCUT2D eigenvalue weighted by Gasteiger charge is 2.41. The average Bonchev–Trinajstić information content (AvgIpc) is 3.04. The number of phenols is 1. The quantitative estimate of drug-likeness (QED) is 0.172. The molecule has 1 heterocycles. The van der Waals surface area contributed by atoms with Gasteiger partial charge in [0.15, 0.2) is 17.6 Å². The third-order valence-electron chi connectivity index (χ3n) is 7.72. The Balaban J connectivity index is 1.49.